The molecule has 0 amide bonds. The molecule has 3 aromatic rings. The van der Waals surface area contributed by atoms with Gasteiger partial charge in [-0.05, 0) is 62.2 Å². The van der Waals surface area contributed by atoms with E-state index in [1.165, 1.54) is 12.5 Å². The molecule has 0 spiro atoms. The zero-order valence-electron chi connectivity index (χ0n) is 15.8. The predicted molar refractivity (Wildman–Crippen MR) is 111 cm³/mol. The number of aryl methyl sites for hydroxylation is 1. The molecule has 4 nitrogen and oxygen atoms in total. The van der Waals surface area contributed by atoms with Crippen molar-refractivity contribution in [3.8, 4) is 11.1 Å². The zero-order valence-corrected chi connectivity index (χ0v) is 15.8. The Labute approximate surface area is 159 Å². The Kier molecular flexibility index (Phi) is 4.70. The molecule has 27 heavy (non-hydrogen) atoms. The van der Waals surface area contributed by atoms with Crippen LogP contribution >= 0.6 is 0 Å². The quantitative estimate of drug-likeness (QED) is 0.734. The summed E-state index contributed by atoms with van der Waals surface area (Å²) in [5, 5.41) is 5.43. The number of nitrogens with one attached hydrogen (secondary N) is 1. The molecule has 2 aromatic carbocycles. The summed E-state index contributed by atoms with van der Waals surface area (Å²) in [7, 11) is 2.01. The van der Waals surface area contributed by atoms with Crippen LogP contribution in [-0.4, -0.2) is 31.2 Å². The molecule has 3 N–H and O–H groups in total. The average Bonchev–Trinajstić information content (AvgIpc) is 2.67. The van der Waals surface area contributed by atoms with E-state index in [1.807, 2.05) is 32.2 Å². The highest BCUT2D eigenvalue weighted by Crippen LogP contribution is 2.37. The summed E-state index contributed by atoms with van der Waals surface area (Å²) in [6.07, 6.45) is 4.07. The molecule has 1 fully saturated rings. The van der Waals surface area contributed by atoms with E-state index in [4.69, 9.17) is 5.73 Å². The standard InChI is InChI=1S/C22H25FN4/c1-14-5-3-7-19(23)22(14)15-9-16-12-26-21(24)11-18(16)20(10-15)27-8-4-6-17(13-27)25-2/h3,5,7,9-12,17,25H,4,6,8,13H2,1-2H3,(H2,24,26). The first-order valence-corrected chi connectivity index (χ1v) is 9.44. The number of anilines is 2. The van der Waals surface area contributed by atoms with Gasteiger partial charge in [-0.15, -0.1) is 0 Å². The highest BCUT2D eigenvalue weighted by molar-refractivity contribution is 5.99. The maximum atomic E-state index is 14.6. The largest absolute Gasteiger partial charge is 0.384 e. The molecule has 2 heterocycles. The van der Waals surface area contributed by atoms with Gasteiger partial charge in [0, 0.05) is 47.4 Å². The topological polar surface area (TPSA) is 54.2 Å². The second-order valence-corrected chi connectivity index (χ2v) is 7.33. The molecule has 1 aromatic heterocycles. The molecule has 0 radical (unpaired) electrons. The van der Waals surface area contributed by atoms with Crippen LogP contribution in [0, 0.1) is 12.7 Å². The number of aromatic nitrogens is 1. The number of pyridine rings is 1. The van der Waals surface area contributed by atoms with E-state index in [0.29, 0.717) is 17.4 Å². The molecule has 1 aliphatic rings. The molecular formula is C22H25FN4. The van der Waals surface area contributed by atoms with Gasteiger partial charge in [-0.3, -0.25) is 0 Å². The fourth-order valence-corrected chi connectivity index (χ4v) is 4.09. The van der Waals surface area contributed by atoms with Gasteiger partial charge in [-0.2, -0.15) is 0 Å². The van der Waals surface area contributed by atoms with Gasteiger partial charge in [0.25, 0.3) is 0 Å². The summed E-state index contributed by atoms with van der Waals surface area (Å²) in [6, 6.07) is 11.7. The molecule has 5 heteroatoms. The highest BCUT2D eigenvalue weighted by atomic mass is 19.1. The van der Waals surface area contributed by atoms with E-state index >= 15 is 0 Å². The van der Waals surface area contributed by atoms with Gasteiger partial charge < -0.3 is 16.0 Å². The molecule has 140 valence electrons. The molecule has 1 saturated heterocycles. The van der Waals surface area contributed by atoms with Crippen LogP contribution in [0.15, 0.2) is 42.6 Å². The number of likely N-dealkylation sites (N-methyl/N-ethyl adjacent to an activating group) is 1. The fraction of sp³-hybridized carbons (Fsp3) is 0.318. The number of piperidine rings is 1. The highest BCUT2D eigenvalue weighted by Gasteiger charge is 2.22. The van der Waals surface area contributed by atoms with Gasteiger partial charge in [0.1, 0.15) is 11.6 Å². The van der Waals surface area contributed by atoms with Gasteiger partial charge in [0.2, 0.25) is 0 Å². The lowest BCUT2D eigenvalue weighted by molar-refractivity contribution is 0.450. The minimum absolute atomic E-state index is 0.199. The Hall–Kier alpha value is -2.66. The normalized spacial score (nSPS) is 17.4. The van der Waals surface area contributed by atoms with Gasteiger partial charge >= 0.3 is 0 Å². The molecule has 1 aliphatic heterocycles. The van der Waals surface area contributed by atoms with Crippen LogP contribution in [0.4, 0.5) is 15.9 Å². The molecule has 1 atom stereocenters. The first-order valence-electron chi connectivity index (χ1n) is 9.44. The number of nitrogen functional groups attached to an aromatic ring is 1. The van der Waals surface area contributed by atoms with Gasteiger partial charge in [0.15, 0.2) is 0 Å². The van der Waals surface area contributed by atoms with E-state index in [0.717, 1.165) is 47.1 Å². The van der Waals surface area contributed by atoms with Crippen molar-refractivity contribution in [1.29, 1.82) is 0 Å². The average molecular weight is 364 g/mol. The third-order valence-corrected chi connectivity index (χ3v) is 5.52. The van der Waals surface area contributed by atoms with Crippen molar-refractivity contribution in [2.45, 2.75) is 25.8 Å². The van der Waals surface area contributed by atoms with Crippen molar-refractivity contribution in [3.05, 3.63) is 54.0 Å². The monoisotopic (exact) mass is 364 g/mol. The number of nitrogens with zero attached hydrogens (tertiary/aromatic N) is 2. The van der Waals surface area contributed by atoms with E-state index in [2.05, 4.69) is 21.3 Å². The third-order valence-electron chi connectivity index (χ3n) is 5.52. The van der Waals surface area contributed by atoms with E-state index in [9.17, 15) is 4.39 Å². The van der Waals surface area contributed by atoms with E-state index in [1.54, 1.807) is 12.3 Å². The number of rotatable bonds is 3. The fourth-order valence-electron chi connectivity index (χ4n) is 4.09. The lowest BCUT2D eigenvalue weighted by Crippen LogP contribution is -2.44. The van der Waals surface area contributed by atoms with Crippen molar-refractivity contribution in [3.63, 3.8) is 0 Å². The Balaban J connectivity index is 1.92. The molecule has 1 unspecified atom stereocenters. The van der Waals surface area contributed by atoms with Crippen molar-refractivity contribution < 1.29 is 4.39 Å². The number of benzene rings is 2. The Bertz CT molecular complexity index is 965. The molecule has 0 aliphatic carbocycles. The van der Waals surface area contributed by atoms with Crippen LogP contribution in [0.2, 0.25) is 0 Å². The minimum atomic E-state index is -0.199. The van der Waals surface area contributed by atoms with Gasteiger partial charge in [-0.25, -0.2) is 9.37 Å². The lowest BCUT2D eigenvalue weighted by Gasteiger charge is -2.35. The number of nitrogens with two attached hydrogens (primary N) is 1. The number of hydrogen-bond acceptors (Lipinski definition) is 4. The second kappa shape index (κ2) is 7.16. The maximum absolute atomic E-state index is 14.6. The van der Waals surface area contributed by atoms with Gasteiger partial charge in [-0.1, -0.05) is 12.1 Å². The number of halogens is 1. The van der Waals surface area contributed by atoms with Crippen molar-refractivity contribution in [2.24, 2.45) is 0 Å². The van der Waals surface area contributed by atoms with Crippen molar-refractivity contribution >= 4 is 22.3 Å². The Morgan fingerprint density at radius 2 is 2.11 bits per heavy atom. The van der Waals surface area contributed by atoms with Crippen LogP contribution in [0.1, 0.15) is 18.4 Å². The van der Waals surface area contributed by atoms with Crippen LogP contribution in [0.5, 0.6) is 0 Å². The number of hydrogen-bond donors (Lipinski definition) is 2. The predicted octanol–water partition coefficient (Wildman–Crippen LogP) is 4.12. The summed E-state index contributed by atoms with van der Waals surface area (Å²) in [5.74, 6) is 0.302. The van der Waals surface area contributed by atoms with Crippen molar-refractivity contribution in [2.75, 3.05) is 30.8 Å². The third kappa shape index (κ3) is 3.35. The van der Waals surface area contributed by atoms with Crippen LogP contribution in [-0.2, 0) is 0 Å². The lowest BCUT2D eigenvalue weighted by atomic mass is 9.95. The zero-order chi connectivity index (χ0) is 19.0. The summed E-state index contributed by atoms with van der Waals surface area (Å²) in [5.41, 5.74) is 9.53. The van der Waals surface area contributed by atoms with Crippen molar-refractivity contribution in [1.82, 2.24) is 10.3 Å². The second-order valence-electron chi connectivity index (χ2n) is 7.33. The van der Waals surface area contributed by atoms with E-state index in [-0.39, 0.29) is 5.82 Å². The molecule has 0 bridgehead atoms. The summed E-state index contributed by atoms with van der Waals surface area (Å²) in [4.78, 5) is 6.64. The van der Waals surface area contributed by atoms with E-state index < -0.39 is 0 Å². The molecular weight excluding hydrogens is 339 g/mol. The first kappa shape index (κ1) is 17.7. The SMILES string of the molecule is CNC1CCCN(c2cc(-c3c(C)cccc3F)cc3cnc(N)cc23)C1. The molecule has 0 saturated carbocycles. The van der Waals surface area contributed by atoms with Crippen LogP contribution in [0.25, 0.3) is 21.9 Å². The van der Waals surface area contributed by atoms with Crippen LogP contribution in [0.3, 0.4) is 0 Å². The summed E-state index contributed by atoms with van der Waals surface area (Å²) >= 11 is 0. The summed E-state index contributed by atoms with van der Waals surface area (Å²) in [6.45, 7) is 3.85. The van der Waals surface area contributed by atoms with Crippen LogP contribution < -0.4 is 16.0 Å². The maximum Gasteiger partial charge on any atom is 0.131 e. The van der Waals surface area contributed by atoms with Gasteiger partial charge in [0.05, 0.1) is 0 Å². The molecule has 4 rings (SSSR count). The Morgan fingerprint density at radius 3 is 2.89 bits per heavy atom. The summed E-state index contributed by atoms with van der Waals surface area (Å²) < 4.78 is 14.6. The minimum Gasteiger partial charge on any atom is -0.384 e. The first-order chi connectivity index (χ1) is 13.1. The smallest absolute Gasteiger partial charge is 0.131 e. The number of fused-ring (bicyclic) bond motifs is 1. The Morgan fingerprint density at radius 1 is 1.26 bits per heavy atom.